The van der Waals surface area contributed by atoms with Crippen LogP contribution in [0.5, 0.6) is 11.5 Å². The van der Waals surface area contributed by atoms with Gasteiger partial charge in [-0.15, -0.1) is 0 Å². The summed E-state index contributed by atoms with van der Waals surface area (Å²) in [5, 5.41) is 3.85. The molecule has 1 saturated heterocycles. The zero-order chi connectivity index (χ0) is 20.8. The van der Waals surface area contributed by atoms with Gasteiger partial charge in [0, 0.05) is 18.1 Å². The van der Waals surface area contributed by atoms with Crippen molar-refractivity contribution in [3.05, 3.63) is 89.4 Å². The Balaban J connectivity index is 1.41. The lowest BCUT2D eigenvalue weighted by Gasteiger charge is -2.32. The molecule has 0 aromatic heterocycles. The van der Waals surface area contributed by atoms with E-state index in [1.54, 1.807) is 0 Å². The molecule has 3 aromatic rings. The molecule has 5 heteroatoms. The Morgan fingerprint density at radius 2 is 1.73 bits per heavy atom. The second-order valence-electron chi connectivity index (χ2n) is 7.57. The maximum Gasteiger partial charge on any atom is 0.228 e. The molecule has 1 aliphatic heterocycles. The highest BCUT2D eigenvalue weighted by Crippen LogP contribution is 2.30. The average molecular weight is 421 g/mol. The van der Waals surface area contributed by atoms with E-state index in [0.29, 0.717) is 11.4 Å². The van der Waals surface area contributed by atoms with Gasteiger partial charge in [-0.3, -0.25) is 9.69 Å². The molecule has 0 unspecified atom stereocenters. The van der Waals surface area contributed by atoms with Crippen LogP contribution in [0.4, 0.5) is 5.69 Å². The van der Waals surface area contributed by atoms with Crippen LogP contribution in [0.15, 0.2) is 78.9 Å². The highest BCUT2D eigenvalue weighted by molar-refractivity contribution is 6.31. The number of hydrogen-bond donors (Lipinski definition) is 1. The Morgan fingerprint density at radius 3 is 2.57 bits per heavy atom. The molecule has 0 aliphatic carbocycles. The van der Waals surface area contributed by atoms with Crippen molar-refractivity contribution in [3.63, 3.8) is 0 Å². The minimum atomic E-state index is -0.0639. The summed E-state index contributed by atoms with van der Waals surface area (Å²) in [6.45, 7) is 2.46. The lowest BCUT2D eigenvalue weighted by molar-refractivity contribution is -0.121. The Hall–Kier alpha value is -2.82. The van der Waals surface area contributed by atoms with Crippen molar-refractivity contribution in [1.29, 1.82) is 0 Å². The standard InChI is InChI=1S/C25H25ClN2O2/c26-22-13-5-4-9-19(22)17-28-16-8-10-20(18-28)25(29)27-23-14-6-7-15-24(23)30-21-11-2-1-3-12-21/h1-7,9,11-15,20H,8,10,16-18H2,(H,27,29)/t20-/m0/s1. The van der Waals surface area contributed by atoms with Crippen LogP contribution in [0.1, 0.15) is 18.4 Å². The molecule has 0 radical (unpaired) electrons. The van der Waals surface area contributed by atoms with Crippen LogP contribution >= 0.6 is 11.6 Å². The van der Waals surface area contributed by atoms with E-state index in [-0.39, 0.29) is 11.8 Å². The minimum absolute atomic E-state index is 0.0305. The van der Waals surface area contributed by atoms with Crippen LogP contribution in [0.3, 0.4) is 0 Å². The van der Waals surface area contributed by atoms with Gasteiger partial charge in [-0.1, -0.05) is 60.1 Å². The van der Waals surface area contributed by atoms with E-state index in [2.05, 4.69) is 10.2 Å². The largest absolute Gasteiger partial charge is 0.455 e. The SMILES string of the molecule is O=C(Nc1ccccc1Oc1ccccc1)[C@H]1CCCN(Cc2ccccc2Cl)C1. The summed E-state index contributed by atoms with van der Waals surface area (Å²) in [7, 11) is 0. The number of para-hydroxylation sites is 3. The van der Waals surface area contributed by atoms with Gasteiger partial charge >= 0.3 is 0 Å². The summed E-state index contributed by atoms with van der Waals surface area (Å²) in [5.74, 6) is 1.34. The molecule has 1 amide bonds. The summed E-state index contributed by atoms with van der Waals surface area (Å²) in [5.41, 5.74) is 1.79. The van der Waals surface area contributed by atoms with Gasteiger partial charge in [-0.05, 0) is 55.3 Å². The molecule has 1 fully saturated rings. The van der Waals surface area contributed by atoms with E-state index >= 15 is 0 Å². The number of likely N-dealkylation sites (tertiary alicyclic amines) is 1. The quantitative estimate of drug-likeness (QED) is 0.533. The van der Waals surface area contributed by atoms with Crippen molar-refractivity contribution in [2.45, 2.75) is 19.4 Å². The predicted molar refractivity (Wildman–Crippen MR) is 121 cm³/mol. The fourth-order valence-electron chi connectivity index (χ4n) is 3.79. The van der Waals surface area contributed by atoms with E-state index in [1.165, 1.54) is 0 Å². The van der Waals surface area contributed by atoms with Crippen molar-refractivity contribution in [2.24, 2.45) is 5.92 Å². The lowest BCUT2D eigenvalue weighted by Crippen LogP contribution is -2.40. The molecule has 1 heterocycles. The molecule has 0 saturated carbocycles. The fraction of sp³-hybridized carbons (Fsp3) is 0.240. The highest BCUT2D eigenvalue weighted by atomic mass is 35.5. The molecule has 154 valence electrons. The van der Waals surface area contributed by atoms with Gasteiger partial charge in [0.25, 0.3) is 0 Å². The molecule has 1 atom stereocenters. The number of anilines is 1. The second kappa shape index (κ2) is 9.79. The van der Waals surface area contributed by atoms with Crippen molar-refractivity contribution in [1.82, 2.24) is 4.90 Å². The van der Waals surface area contributed by atoms with Gasteiger partial charge in [0.2, 0.25) is 5.91 Å². The fourth-order valence-corrected chi connectivity index (χ4v) is 3.99. The topological polar surface area (TPSA) is 41.6 Å². The third-order valence-corrected chi connectivity index (χ3v) is 5.71. The van der Waals surface area contributed by atoms with Crippen molar-refractivity contribution >= 4 is 23.2 Å². The zero-order valence-corrected chi connectivity index (χ0v) is 17.5. The monoisotopic (exact) mass is 420 g/mol. The summed E-state index contributed by atoms with van der Waals surface area (Å²) in [6.07, 6.45) is 1.87. The third-order valence-electron chi connectivity index (χ3n) is 5.34. The van der Waals surface area contributed by atoms with E-state index in [4.69, 9.17) is 16.3 Å². The van der Waals surface area contributed by atoms with Crippen molar-refractivity contribution < 1.29 is 9.53 Å². The Kier molecular flexibility index (Phi) is 6.67. The first-order valence-corrected chi connectivity index (χ1v) is 10.7. The molecular weight excluding hydrogens is 396 g/mol. The number of hydrogen-bond acceptors (Lipinski definition) is 3. The second-order valence-corrected chi connectivity index (χ2v) is 7.97. The van der Waals surface area contributed by atoms with Crippen LogP contribution in [0.25, 0.3) is 0 Å². The number of ether oxygens (including phenoxy) is 1. The highest BCUT2D eigenvalue weighted by Gasteiger charge is 2.26. The summed E-state index contributed by atoms with van der Waals surface area (Å²) < 4.78 is 5.97. The van der Waals surface area contributed by atoms with Gasteiger partial charge in [-0.2, -0.15) is 0 Å². The molecule has 1 aliphatic rings. The molecule has 0 bridgehead atoms. The molecule has 1 N–H and O–H groups in total. The number of carbonyl (C=O) groups is 1. The van der Waals surface area contributed by atoms with E-state index in [1.807, 2.05) is 78.9 Å². The van der Waals surface area contributed by atoms with Crippen LogP contribution in [-0.4, -0.2) is 23.9 Å². The maximum atomic E-state index is 13.0. The third kappa shape index (κ3) is 5.21. The lowest BCUT2D eigenvalue weighted by atomic mass is 9.96. The van der Waals surface area contributed by atoms with Crippen LogP contribution in [0, 0.1) is 5.92 Å². The smallest absolute Gasteiger partial charge is 0.228 e. The van der Waals surface area contributed by atoms with Gasteiger partial charge in [0.05, 0.1) is 11.6 Å². The Morgan fingerprint density at radius 1 is 1.00 bits per heavy atom. The average Bonchev–Trinajstić information content (AvgIpc) is 2.78. The maximum absolute atomic E-state index is 13.0. The van der Waals surface area contributed by atoms with Crippen LogP contribution in [0.2, 0.25) is 5.02 Å². The molecule has 30 heavy (non-hydrogen) atoms. The number of benzene rings is 3. The van der Waals surface area contributed by atoms with Gasteiger partial charge in [-0.25, -0.2) is 0 Å². The Bertz CT molecular complexity index is 993. The summed E-state index contributed by atoms with van der Waals surface area (Å²) in [4.78, 5) is 15.3. The first-order chi connectivity index (χ1) is 14.7. The van der Waals surface area contributed by atoms with E-state index < -0.39 is 0 Å². The number of piperidine rings is 1. The van der Waals surface area contributed by atoms with E-state index in [0.717, 1.165) is 48.8 Å². The molecule has 0 spiro atoms. The Labute approximate surface area is 182 Å². The molecule has 3 aromatic carbocycles. The van der Waals surface area contributed by atoms with E-state index in [9.17, 15) is 4.79 Å². The summed E-state index contributed by atoms with van der Waals surface area (Å²) >= 11 is 6.31. The van der Waals surface area contributed by atoms with Crippen molar-refractivity contribution in [3.8, 4) is 11.5 Å². The first kappa shape index (κ1) is 20.5. The molecule has 4 rings (SSSR count). The predicted octanol–water partition coefficient (Wildman–Crippen LogP) is 5.98. The van der Waals surface area contributed by atoms with Crippen LogP contribution in [-0.2, 0) is 11.3 Å². The number of carbonyl (C=O) groups excluding carboxylic acids is 1. The zero-order valence-electron chi connectivity index (χ0n) is 16.8. The van der Waals surface area contributed by atoms with Gasteiger partial charge in [0.15, 0.2) is 5.75 Å². The first-order valence-electron chi connectivity index (χ1n) is 10.3. The minimum Gasteiger partial charge on any atom is -0.455 e. The number of halogens is 1. The number of nitrogens with one attached hydrogen (secondary N) is 1. The van der Waals surface area contributed by atoms with Crippen LogP contribution < -0.4 is 10.1 Å². The number of amides is 1. The summed E-state index contributed by atoms with van der Waals surface area (Å²) in [6, 6.07) is 25.0. The molecular formula is C25H25ClN2O2. The van der Waals surface area contributed by atoms with Gasteiger partial charge in [0.1, 0.15) is 5.75 Å². The van der Waals surface area contributed by atoms with Crippen molar-refractivity contribution in [2.75, 3.05) is 18.4 Å². The van der Waals surface area contributed by atoms with Gasteiger partial charge < -0.3 is 10.1 Å². The number of rotatable bonds is 6. The normalized spacial score (nSPS) is 16.8. The molecule has 4 nitrogen and oxygen atoms in total. The number of nitrogens with zero attached hydrogens (tertiary/aromatic N) is 1.